The zero-order valence-corrected chi connectivity index (χ0v) is 13.5. The van der Waals surface area contributed by atoms with Gasteiger partial charge >= 0.3 is 0 Å². The predicted molar refractivity (Wildman–Crippen MR) is 88.5 cm³/mol. The van der Waals surface area contributed by atoms with Gasteiger partial charge in [0.1, 0.15) is 12.7 Å². The van der Waals surface area contributed by atoms with E-state index in [-0.39, 0.29) is 5.91 Å². The normalized spacial score (nSPS) is 15.8. The molecule has 3 rings (SSSR count). The fraction of sp³-hybridized carbons (Fsp3) is 0.471. The molecule has 0 bridgehead atoms. The van der Waals surface area contributed by atoms with Gasteiger partial charge in [-0.05, 0) is 63.0 Å². The summed E-state index contributed by atoms with van der Waals surface area (Å²) in [5.41, 5.74) is 1.70. The van der Waals surface area contributed by atoms with Gasteiger partial charge in [0, 0.05) is 24.3 Å². The summed E-state index contributed by atoms with van der Waals surface area (Å²) in [7, 11) is 1.99. The molecule has 0 spiro atoms. The quantitative estimate of drug-likeness (QED) is 0.913. The molecular formula is C17H23N5O. The Morgan fingerprint density at radius 3 is 2.43 bits per heavy atom. The molecule has 1 amide bonds. The van der Waals surface area contributed by atoms with Crippen molar-refractivity contribution >= 4 is 5.91 Å². The van der Waals surface area contributed by atoms with Crippen molar-refractivity contribution in [1.29, 1.82) is 0 Å². The molecule has 0 atom stereocenters. The highest BCUT2D eigenvalue weighted by Crippen LogP contribution is 2.21. The molecule has 1 saturated heterocycles. The minimum Gasteiger partial charge on any atom is -0.339 e. The largest absolute Gasteiger partial charge is 0.339 e. The highest BCUT2D eigenvalue weighted by molar-refractivity contribution is 5.94. The van der Waals surface area contributed by atoms with E-state index in [1.165, 1.54) is 6.42 Å². The van der Waals surface area contributed by atoms with Crippen molar-refractivity contribution in [2.45, 2.75) is 19.3 Å². The number of benzene rings is 1. The van der Waals surface area contributed by atoms with Crippen LogP contribution in [0.3, 0.4) is 0 Å². The lowest BCUT2D eigenvalue weighted by Crippen LogP contribution is -2.38. The van der Waals surface area contributed by atoms with Gasteiger partial charge in [-0.1, -0.05) is 0 Å². The summed E-state index contributed by atoms with van der Waals surface area (Å²) >= 11 is 0. The number of nitrogens with zero attached hydrogens (tertiary/aromatic N) is 4. The molecule has 0 aliphatic carbocycles. The number of likely N-dealkylation sites (tertiary alicyclic amines) is 1. The van der Waals surface area contributed by atoms with Gasteiger partial charge in [0.15, 0.2) is 0 Å². The molecule has 1 fully saturated rings. The minimum atomic E-state index is 0.132. The van der Waals surface area contributed by atoms with E-state index >= 15 is 0 Å². The maximum atomic E-state index is 12.6. The lowest BCUT2D eigenvalue weighted by Gasteiger charge is -2.32. The molecular weight excluding hydrogens is 290 g/mol. The van der Waals surface area contributed by atoms with Crippen molar-refractivity contribution in [3.63, 3.8) is 0 Å². The van der Waals surface area contributed by atoms with E-state index in [1.807, 2.05) is 40.8 Å². The van der Waals surface area contributed by atoms with Gasteiger partial charge in [0.25, 0.3) is 5.91 Å². The number of carbonyl (C=O) groups excluding carboxylic acids is 1. The Balaban J connectivity index is 1.58. The van der Waals surface area contributed by atoms with Crippen molar-refractivity contribution in [1.82, 2.24) is 25.0 Å². The Morgan fingerprint density at radius 2 is 1.83 bits per heavy atom. The Morgan fingerprint density at radius 1 is 1.17 bits per heavy atom. The second-order valence-electron chi connectivity index (χ2n) is 6.04. The SMILES string of the molecule is CNCCC1CCN(C(=O)c2ccc(-n3cnnc3)cc2)CC1. The zero-order chi connectivity index (χ0) is 16.1. The number of carbonyl (C=O) groups is 1. The van der Waals surface area contributed by atoms with E-state index in [1.54, 1.807) is 12.7 Å². The average molecular weight is 313 g/mol. The molecule has 2 aromatic rings. The van der Waals surface area contributed by atoms with E-state index in [2.05, 4.69) is 15.5 Å². The van der Waals surface area contributed by atoms with Crippen LogP contribution in [0.25, 0.3) is 5.69 Å². The van der Waals surface area contributed by atoms with Crippen molar-refractivity contribution in [3.05, 3.63) is 42.5 Å². The van der Waals surface area contributed by atoms with E-state index in [4.69, 9.17) is 0 Å². The van der Waals surface area contributed by atoms with E-state index < -0.39 is 0 Å². The molecule has 6 heteroatoms. The van der Waals surface area contributed by atoms with E-state index in [0.717, 1.165) is 49.6 Å². The van der Waals surface area contributed by atoms with Crippen LogP contribution in [0.1, 0.15) is 29.6 Å². The first-order valence-electron chi connectivity index (χ1n) is 8.17. The minimum absolute atomic E-state index is 0.132. The molecule has 1 N–H and O–H groups in total. The van der Waals surface area contributed by atoms with E-state index in [0.29, 0.717) is 0 Å². The lowest BCUT2D eigenvalue weighted by atomic mass is 9.93. The van der Waals surface area contributed by atoms with Crippen LogP contribution in [0, 0.1) is 5.92 Å². The number of rotatable bonds is 5. The van der Waals surface area contributed by atoms with Gasteiger partial charge in [-0.25, -0.2) is 0 Å². The standard InChI is InChI=1S/C17H23N5O/c1-18-9-6-14-7-10-21(11-8-14)17(23)15-2-4-16(5-3-15)22-12-19-20-13-22/h2-5,12-14,18H,6-11H2,1H3. The van der Waals surface area contributed by atoms with Crippen LogP contribution in [0.5, 0.6) is 0 Å². The van der Waals surface area contributed by atoms with Gasteiger partial charge in [0.2, 0.25) is 0 Å². The molecule has 1 aromatic carbocycles. The van der Waals surface area contributed by atoms with Crippen LogP contribution in [-0.4, -0.2) is 52.3 Å². The highest BCUT2D eigenvalue weighted by atomic mass is 16.2. The summed E-state index contributed by atoms with van der Waals surface area (Å²) in [6.07, 6.45) is 6.70. The van der Waals surface area contributed by atoms with E-state index in [9.17, 15) is 4.79 Å². The van der Waals surface area contributed by atoms with Crippen molar-refractivity contribution in [2.75, 3.05) is 26.7 Å². The number of hydrogen-bond donors (Lipinski definition) is 1. The third kappa shape index (κ3) is 3.76. The van der Waals surface area contributed by atoms with Crippen LogP contribution in [0.4, 0.5) is 0 Å². The van der Waals surface area contributed by atoms with Crippen molar-refractivity contribution in [2.24, 2.45) is 5.92 Å². The van der Waals surface area contributed by atoms with Crippen LogP contribution >= 0.6 is 0 Å². The maximum absolute atomic E-state index is 12.6. The monoisotopic (exact) mass is 313 g/mol. The van der Waals surface area contributed by atoms with Crippen LogP contribution in [-0.2, 0) is 0 Å². The number of amides is 1. The first-order chi connectivity index (χ1) is 11.3. The van der Waals surface area contributed by atoms with Gasteiger partial charge in [0.05, 0.1) is 0 Å². The topological polar surface area (TPSA) is 63.1 Å². The maximum Gasteiger partial charge on any atom is 0.253 e. The Labute approximate surface area is 136 Å². The molecule has 23 heavy (non-hydrogen) atoms. The number of hydrogen-bond acceptors (Lipinski definition) is 4. The Bertz CT molecular complexity index is 615. The Kier molecular flexibility index (Phi) is 5.02. The summed E-state index contributed by atoms with van der Waals surface area (Å²) in [5, 5.41) is 10.8. The second-order valence-corrected chi connectivity index (χ2v) is 6.04. The molecule has 122 valence electrons. The van der Waals surface area contributed by atoms with Crippen LogP contribution < -0.4 is 5.32 Å². The molecule has 2 heterocycles. The number of nitrogens with one attached hydrogen (secondary N) is 1. The van der Waals surface area contributed by atoms with Crippen molar-refractivity contribution < 1.29 is 4.79 Å². The molecule has 0 unspecified atom stereocenters. The predicted octanol–water partition coefficient (Wildman–Crippen LogP) is 1.73. The summed E-state index contributed by atoms with van der Waals surface area (Å²) in [6.45, 7) is 2.78. The van der Waals surface area contributed by atoms with Gasteiger partial charge in [-0.3, -0.25) is 9.36 Å². The summed E-state index contributed by atoms with van der Waals surface area (Å²) in [4.78, 5) is 14.6. The second kappa shape index (κ2) is 7.37. The number of aromatic nitrogens is 3. The molecule has 1 aliphatic rings. The first kappa shape index (κ1) is 15.7. The van der Waals surface area contributed by atoms with Gasteiger partial charge in [-0.2, -0.15) is 0 Å². The average Bonchev–Trinajstić information content (AvgIpc) is 3.14. The molecule has 1 aliphatic heterocycles. The summed E-state index contributed by atoms with van der Waals surface area (Å²) in [5.74, 6) is 0.870. The third-order valence-electron chi connectivity index (χ3n) is 4.54. The third-order valence-corrected chi connectivity index (χ3v) is 4.54. The van der Waals surface area contributed by atoms with Crippen molar-refractivity contribution in [3.8, 4) is 5.69 Å². The van der Waals surface area contributed by atoms with Crippen LogP contribution in [0.15, 0.2) is 36.9 Å². The van der Waals surface area contributed by atoms with Gasteiger partial charge < -0.3 is 10.2 Å². The first-order valence-corrected chi connectivity index (χ1v) is 8.17. The number of piperidine rings is 1. The fourth-order valence-corrected chi connectivity index (χ4v) is 3.07. The molecule has 0 saturated carbocycles. The Hall–Kier alpha value is -2.21. The fourth-order valence-electron chi connectivity index (χ4n) is 3.07. The highest BCUT2D eigenvalue weighted by Gasteiger charge is 2.23. The molecule has 1 aromatic heterocycles. The smallest absolute Gasteiger partial charge is 0.253 e. The molecule has 0 radical (unpaired) electrons. The van der Waals surface area contributed by atoms with Crippen LogP contribution in [0.2, 0.25) is 0 Å². The lowest BCUT2D eigenvalue weighted by molar-refractivity contribution is 0.0687. The summed E-state index contributed by atoms with van der Waals surface area (Å²) < 4.78 is 1.82. The molecule has 6 nitrogen and oxygen atoms in total. The summed E-state index contributed by atoms with van der Waals surface area (Å²) in [6, 6.07) is 7.61. The van der Waals surface area contributed by atoms with Gasteiger partial charge in [-0.15, -0.1) is 10.2 Å². The zero-order valence-electron chi connectivity index (χ0n) is 13.5.